The fourth-order valence-corrected chi connectivity index (χ4v) is 4.68. The number of hydrogen-bond donors (Lipinski definition) is 2. The molecular formula is C23H37N5O3S. The fourth-order valence-electron chi connectivity index (χ4n) is 3.78. The summed E-state index contributed by atoms with van der Waals surface area (Å²) in [6, 6.07) is 6.03. The molecule has 0 spiro atoms. The van der Waals surface area contributed by atoms with Gasteiger partial charge in [-0.15, -0.1) is 0 Å². The lowest BCUT2D eigenvalue weighted by Gasteiger charge is -2.35. The molecule has 0 saturated carbocycles. The average molecular weight is 464 g/mol. The van der Waals surface area contributed by atoms with E-state index in [4.69, 9.17) is 4.74 Å². The van der Waals surface area contributed by atoms with Gasteiger partial charge in [-0.2, -0.15) is 11.8 Å². The molecular weight excluding hydrogens is 426 g/mol. The SMILES string of the molecule is Cc1cc(N2CCSCC2)ccc1NC(=O)NCCN1CCN(C(=O)OC(C)(C)C)CC1. The molecule has 178 valence electrons. The number of anilines is 2. The summed E-state index contributed by atoms with van der Waals surface area (Å²) in [6.45, 7) is 13.9. The van der Waals surface area contributed by atoms with Crippen molar-refractivity contribution < 1.29 is 14.3 Å². The minimum absolute atomic E-state index is 0.192. The number of carbonyl (C=O) groups excluding carboxylic acids is 2. The predicted octanol–water partition coefficient (Wildman–Crippen LogP) is 3.22. The second-order valence-electron chi connectivity index (χ2n) is 9.29. The molecule has 2 saturated heterocycles. The van der Waals surface area contributed by atoms with Gasteiger partial charge in [0.2, 0.25) is 0 Å². The maximum Gasteiger partial charge on any atom is 0.410 e. The van der Waals surface area contributed by atoms with E-state index in [1.165, 1.54) is 5.69 Å². The van der Waals surface area contributed by atoms with Gasteiger partial charge in [-0.1, -0.05) is 0 Å². The largest absolute Gasteiger partial charge is 0.444 e. The molecule has 0 unspecified atom stereocenters. The van der Waals surface area contributed by atoms with E-state index in [0.717, 1.165) is 55.5 Å². The number of urea groups is 1. The predicted molar refractivity (Wildman–Crippen MR) is 132 cm³/mol. The van der Waals surface area contributed by atoms with E-state index >= 15 is 0 Å². The molecule has 32 heavy (non-hydrogen) atoms. The monoisotopic (exact) mass is 463 g/mol. The molecule has 2 fully saturated rings. The highest BCUT2D eigenvalue weighted by molar-refractivity contribution is 7.99. The molecule has 3 amide bonds. The van der Waals surface area contributed by atoms with Crippen LogP contribution in [0, 0.1) is 6.92 Å². The first-order valence-electron chi connectivity index (χ1n) is 11.4. The summed E-state index contributed by atoms with van der Waals surface area (Å²) in [4.78, 5) is 30.9. The number of nitrogens with one attached hydrogen (secondary N) is 2. The standard InChI is InChI=1S/C23H37N5O3S/c1-18-17-19(27-13-15-32-16-14-27)5-6-20(18)25-21(29)24-7-8-26-9-11-28(12-10-26)22(30)31-23(2,3)4/h5-6,17H,7-16H2,1-4H3,(H2,24,25,29). The summed E-state index contributed by atoms with van der Waals surface area (Å²) < 4.78 is 5.43. The number of hydrogen-bond acceptors (Lipinski definition) is 6. The van der Waals surface area contributed by atoms with Gasteiger partial charge in [0.15, 0.2) is 0 Å². The Morgan fingerprint density at radius 1 is 1.06 bits per heavy atom. The number of aryl methyl sites for hydroxylation is 1. The highest BCUT2D eigenvalue weighted by atomic mass is 32.2. The van der Waals surface area contributed by atoms with Crippen molar-refractivity contribution in [3.8, 4) is 0 Å². The quantitative estimate of drug-likeness (QED) is 0.698. The number of benzene rings is 1. The highest BCUT2D eigenvalue weighted by Gasteiger charge is 2.25. The van der Waals surface area contributed by atoms with Crippen molar-refractivity contribution in [3.05, 3.63) is 23.8 Å². The summed E-state index contributed by atoms with van der Waals surface area (Å²) >= 11 is 2.00. The number of thioether (sulfide) groups is 1. The molecule has 2 N–H and O–H groups in total. The van der Waals surface area contributed by atoms with Crippen LogP contribution in [-0.2, 0) is 4.74 Å². The summed E-state index contributed by atoms with van der Waals surface area (Å²) in [7, 11) is 0. The molecule has 1 aromatic carbocycles. The van der Waals surface area contributed by atoms with E-state index in [-0.39, 0.29) is 12.1 Å². The Bertz CT molecular complexity index is 784. The number of nitrogens with zero attached hydrogens (tertiary/aromatic N) is 3. The molecule has 1 aromatic rings. The normalized spacial score (nSPS) is 17.8. The van der Waals surface area contributed by atoms with E-state index < -0.39 is 5.60 Å². The topological polar surface area (TPSA) is 77.2 Å². The van der Waals surface area contributed by atoms with Gasteiger partial charge >= 0.3 is 12.1 Å². The zero-order chi connectivity index (χ0) is 23.1. The summed E-state index contributed by atoms with van der Waals surface area (Å²) in [5.41, 5.74) is 2.65. The Hall–Kier alpha value is -2.13. The molecule has 2 aliphatic heterocycles. The lowest BCUT2D eigenvalue weighted by Crippen LogP contribution is -2.51. The van der Waals surface area contributed by atoms with Gasteiger partial charge in [-0.3, -0.25) is 4.90 Å². The Kier molecular flexibility index (Phi) is 8.53. The first kappa shape index (κ1) is 24.5. The maximum atomic E-state index is 12.3. The van der Waals surface area contributed by atoms with Gasteiger partial charge in [0.25, 0.3) is 0 Å². The Labute approximate surface area is 196 Å². The molecule has 2 aliphatic rings. The van der Waals surface area contributed by atoms with Crippen LogP contribution in [0.25, 0.3) is 0 Å². The van der Waals surface area contributed by atoms with Crippen LogP contribution < -0.4 is 15.5 Å². The van der Waals surface area contributed by atoms with Crippen LogP contribution in [0.3, 0.4) is 0 Å². The van der Waals surface area contributed by atoms with Gasteiger partial charge in [0.1, 0.15) is 5.60 Å². The van der Waals surface area contributed by atoms with Crippen LogP contribution in [-0.4, -0.2) is 91.4 Å². The molecule has 0 bridgehead atoms. The fraction of sp³-hybridized carbons (Fsp3) is 0.652. The number of rotatable bonds is 5. The number of piperazine rings is 1. The van der Waals surface area contributed by atoms with Gasteiger partial charge < -0.3 is 25.2 Å². The third-order valence-corrected chi connectivity index (χ3v) is 6.51. The van der Waals surface area contributed by atoms with E-state index in [1.54, 1.807) is 4.90 Å². The van der Waals surface area contributed by atoms with Gasteiger partial charge in [0.05, 0.1) is 0 Å². The van der Waals surface area contributed by atoms with E-state index in [2.05, 4.69) is 32.6 Å². The van der Waals surface area contributed by atoms with Crippen molar-refractivity contribution in [2.45, 2.75) is 33.3 Å². The lowest BCUT2D eigenvalue weighted by molar-refractivity contribution is 0.0147. The van der Waals surface area contributed by atoms with Gasteiger partial charge in [0, 0.05) is 75.2 Å². The summed E-state index contributed by atoms with van der Waals surface area (Å²) in [6.07, 6.45) is -0.254. The first-order chi connectivity index (χ1) is 15.2. The third-order valence-electron chi connectivity index (χ3n) is 5.57. The second-order valence-corrected chi connectivity index (χ2v) is 10.5. The number of ether oxygens (including phenoxy) is 1. The summed E-state index contributed by atoms with van der Waals surface area (Å²) in [5.74, 6) is 2.33. The molecule has 0 radical (unpaired) electrons. The van der Waals surface area contributed by atoms with Crippen molar-refractivity contribution in [2.24, 2.45) is 0 Å². The van der Waals surface area contributed by atoms with E-state index in [1.807, 2.05) is 45.5 Å². The van der Waals surface area contributed by atoms with E-state index in [0.29, 0.717) is 19.6 Å². The number of carbonyl (C=O) groups is 2. The molecule has 9 heteroatoms. The van der Waals surface area contributed by atoms with Crippen LogP contribution in [0.1, 0.15) is 26.3 Å². The molecule has 2 heterocycles. The summed E-state index contributed by atoms with van der Waals surface area (Å²) in [5, 5.41) is 5.90. The molecule has 3 rings (SSSR count). The van der Waals surface area contributed by atoms with E-state index in [9.17, 15) is 9.59 Å². The number of amides is 3. The van der Waals surface area contributed by atoms with Crippen LogP contribution in [0.15, 0.2) is 18.2 Å². The minimum atomic E-state index is -0.475. The minimum Gasteiger partial charge on any atom is -0.444 e. The Morgan fingerprint density at radius 3 is 2.38 bits per heavy atom. The van der Waals surface area contributed by atoms with Crippen LogP contribution in [0.5, 0.6) is 0 Å². The smallest absolute Gasteiger partial charge is 0.410 e. The van der Waals surface area contributed by atoms with Crippen molar-refractivity contribution in [1.29, 1.82) is 0 Å². The molecule has 8 nitrogen and oxygen atoms in total. The Morgan fingerprint density at radius 2 is 1.75 bits per heavy atom. The zero-order valence-electron chi connectivity index (χ0n) is 19.8. The zero-order valence-corrected chi connectivity index (χ0v) is 20.6. The second kappa shape index (κ2) is 11.1. The van der Waals surface area contributed by atoms with Crippen molar-refractivity contribution in [1.82, 2.24) is 15.1 Å². The lowest BCUT2D eigenvalue weighted by atomic mass is 10.1. The van der Waals surface area contributed by atoms with Crippen LogP contribution in [0.2, 0.25) is 0 Å². The van der Waals surface area contributed by atoms with Crippen LogP contribution >= 0.6 is 11.8 Å². The van der Waals surface area contributed by atoms with Crippen molar-refractivity contribution >= 4 is 35.3 Å². The Balaban J connectivity index is 1.36. The average Bonchev–Trinajstić information content (AvgIpc) is 2.75. The van der Waals surface area contributed by atoms with Gasteiger partial charge in [-0.05, 0) is 51.5 Å². The molecule has 0 aromatic heterocycles. The first-order valence-corrected chi connectivity index (χ1v) is 12.6. The van der Waals surface area contributed by atoms with Crippen LogP contribution in [0.4, 0.5) is 21.0 Å². The third kappa shape index (κ3) is 7.48. The maximum absolute atomic E-state index is 12.3. The van der Waals surface area contributed by atoms with Crippen molar-refractivity contribution in [2.75, 3.05) is 74.1 Å². The molecule has 0 aliphatic carbocycles. The molecule has 0 atom stereocenters. The highest BCUT2D eigenvalue weighted by Crippen LogP contribution is 2.25. The van der Waals surface area contributed by atoms with Crippen molar-refractivity contribution in [3.63, 3.8) is 0 Å². The van der Waals surface area contributed by atoms with Gasteiger partial charge in [-0.25, -0.2) is 9.59 Å².